The van der Waals surface area contributed by atoms with E-state index in [4.69, 9.17) is 0 Å². The third-order valence-electron chi connectivity index (χ3n) is 8.91. The van der Waals surface area contributed by atoms with Gasteiger partial charge in [0.05, 0.1) is 6.04 Å². The molecule has 2 atom stereocenters. The Labute approximate surface area is 256 Å². The molecule has 7 heteroatoms. The molecular formula is C36H45FN4O2. The van der Waals surface area contributed by atoms with E-state index in [9.17, 15) is 14.3 Å². The van der Waals surface area contributed by atoms with Crippen molar-refractivity contribution >= 4 is 12.0 Å². The summed E-state index contributed by atoms with van der Waals surface area (Å²) in [6.45, 7) is 15.0. The highest BCUT2D eigenvalue weighted by Crippen LogP contribution is 2.35. The van der Waals surface area contributed by atoms with E-state index in [0.717, 1.165) is 100 Å². The van der Waals surface area contributed by atoms with Gasteiger partial charge in [-0.05, 0) is 78.9 Å². The number of benzene rings is 3. The van der Waals surface area contributed by atoms with Crippen molar-refractivity contribution in [3.63, 3.8) is 0 Å². The Morgan fingerprint density at radius 3 is 2.37 bits per heavy atom. The van der Waals surface area contributed by atoms with Crippen molar-refractivity contribution in [3.8, 4) is 5.75 Å². The Hall–Kier alpha value is -3.52. The number of unbranched alkanes of at least 4 members (excludes halogenated alkanes) is 2. The number of piperazine rings is 2. The first-order valence-corrected chi connectivity index (χ1v) is 15.6. The van der Waals surface area contributed by atoms with Crippen molar-refractivity contribution in [1.29, 1.82) is 0 Å². The van der Waals surface area contributed by atoms with Crippen molar-refractivity contribution < 1.29 is 14.3 Å². The number of rotatable bonds is 12. The molecule has 2 aliphatic rings. The first kappa shape index (κ1) is 30.9. The quantitative estimate of drug-likeness (QED) is 0.215. The van der Waals surface area contributed by atoms with Crippen LogP contribution in [0, 0.1) is 5.82 Å². The number of carbonyl (C=O) groups excluding carboxylic acids is 1. The van der Waals surface area contributed by atoms with E-state index in [0.29, 0.717) is 6.42 Å². The molecule has 0 amide bonds. The molecule has 3 aromatic rings. The molecule has 3 aromatic carbocycles. The number of carbonyl (C=O) groups is 1. The lowest BCUT2D eigenvalue weighted by Crippen LogP contribution is -2.52. The predicted molar refractivity (Wildman–Crippen MR) is 171 cm³/mol. The molecule has 0 spiro atoms. The van der Waals surface area contributed by atoms with Gasteiger partial charge >= 0.3 is 0 Å². The molecule has 43 heavy (non-hydrogen) atoms. The molecular weight excluding hydrogens is 539 g/mol. The van der Waals surface area contributed by atoms with Crippen molar-refractivity contribution in [1.82, 2.24) is 19.6 Å². The summed E-state index contributed by atoms with van der Waals surface area (Å²) < 4.78 is 13.8. The number of phenolic OH excluding ortho intramolecular Hbond substituents is 1. The fraction of sp³-hybridized carbons (Fsp3) is 0.417. The lowest BCUT2D eigenvalue weighted by atomic mass is 9.92. The van der Waals surface area contributed by atoms with Gasteiger partial charge in [0.2, 0.25) is 0 Å². The van der Waals surface area contributed by atoms with Crippen LogP contribution in [0.1, 0.15) is 54.5 Å². The number of hydrogen-bond donors (Lipinski definition) is 1. The highest BCUT2D eigenvalue weighted by atomic mass is 19.1. The van der Waals surface area contributed by atoms with Gasteiger partial charge in [-0.2, -0.15) is 0 Å². The zero-order valence-corrected chi connectivity index (χ0v) is 25.4. The second-order valence-corrected chi connectivity index (χ2v) is 12.0. The molecule has 0 bridgehead atoms. The first-order valence-electron chi connectivity index (χ1n) is 15.6. The van der Waals surface area contributed by atoms with Crippen LogP contribution in [0.5, 0.6) is 5.75 Å². The number of halogens is 1. The minimum atomic E-state index is -0.192. The van der Waals surface area contributed by atoms with Crippen LogP contribution in [0.15, 0.2) is 79.4 Å². The Bertz CT molecular complexity index is 1370. The molecule has 0 aliphatic carbocycles. The van der Waals surface area contributed by atoms with Gasteiger partial charge in [0.1, 0.15) is 17.9 Å². The van der Waals surface area contributed by atoms with Crippen LogP contribution in [0.25, 0.3) is 5.70 Å². The fourth-order valence-corrected chi connectivity index (χ4v) is 6.61. The van der Waals surface area contributed by atoms with Crippen LogP contribution in [-0.4, -0.2) is 89.4 Å². The van der Waals surface area contributed by atoms with Crippen LogP contribution < -0.4 is 0 Å². The number of nitrogens with zero attached hydrogens (tertiary/aromatic N) is 4. The van der Waals surface area contributed by atoms with Crippen LogP contribution in [0.4, 0.5) is 4.39 Å². The average Bonchev–Trinajstić information content (AvgIpc) is 3.01. The van der Waals surface area contributed by atoms with E-state index in [2.05, 4.69) is 63.4 Å². The third kappa shape index (κ3) is 8.11. The molecule has 2 saturated heterocycles. The summed E-state index contributed by atoms with van der Waals surface area (Å²) in [7, 11) is 0. The monoisotopic (exact) mass is 584 g/mol. The summed E-state index contributed by atoms with van der Waals surface area (Å²) >= 11 is 0. The maximum absolute atomic E-state index is 13.8. The van der Waals surface area contributed by atoms with Gasteiger partial charge in [-0.1, -0.05) is 49.0 Å². The Kier molecular flexibility index (Phi) is 10.6. The molecule has 1 N–H and O–H groups in total. The largest absolute Gasteiger partial charge is 0.508 e. The second kappa shape index (κ2) is 14.8. The van der Waals surface area contributed by atoms with Crippen LogP contribution in [-0.2, 0) is 11.3 Å². The van der Waals surface area contributed by atoms with Gasteiger partial charge in [0.15, 0.2) is 0 Å². The number of aromatic hydroxyl groups is 1. The van der Waals surface area contributed by atoms with E-state index in [1.807, 2.05) is 18.2 Å². The van der Waals surface area contributed by atoms with Crippen molar-refractivity contribution in [3.05, 3.63) is 107 Å². The normalized spacial score (nSPS) is 19.3. The highest BCUT2D eigenvalue weighted by molar-refractivity contribution is 5.63. The van der Waals surface area contributed by atoms with E-state index in [1.165, 1.54) is 11.6 Å². The Morgan fingerprint density at radius 2 is 1.65 bits per heavy atom. The Morgan fingerprint density at radius 1 is 0.930 bits per heavy atom. The summed E-state index contributed by atoms with van der Waals surface area (Å²) in [6, 6.07) is 23.5. The molecule has 0 radical (unpaired) electrons. The zero-order chi connectivity index (χ0) is 30.2. The molecule has 228 valence electrons. The molecule has 0 aromatic heterocycles. The van der Waals surface area contributed by atoms with E-state index in [-0.39, 0.29) is 23.7 Å². The zero-order valence-electron chi connectivity index (χ0n) is 25.4. The molecule has 0 saturated carbocycles. The minimum absolute atomic E-state index is 0.0191. The third-order valence-corrected chi connectivity index (χ3v) is 8.91. The van der Waals surface area contributed by atoms with Gasteiger partial charge in [-0.3, -0.25) is 14.7 Å². The number of hydrogen-bond acceptors (Lipinski definition) is 6. The summed E-state index contributed by atoms with van der Waals surface area (Å²) in [5, 5.41) is 10.4. The van der Waals surface area contributed by atoms with E-state index >= 15 is 0 Å². The summed E-state index contributed by atoms with van der Waals surface area (Å²) in [5.41, 5.74) is 5.42. The topological polar surface area (TPSA) is 50.3 Å². The van der Waals surface area contributed by atoms with Crippen LogP contribution in [0.3, 0.4) is 0 Å². The van der Waals surface area contributed by atoms with Crippen molar-refractivity contribution in [2.24, 2.45) is 0 Å². The maximum Gasteiger partial charge on any atom is 0.123 e. The average molecular weight is 585 g/mol. The highest BCUT2D eigenvalue weighted by Gasteiger charge is 2.32. The summed E-state index contributed by atoms with van der Waals surface area (Å²) in [4.78, 5) is 20.4. The number of phenols is 1. The maximum atomic E-state index is 13.8. The Balaban J connectivity index is 1.30. The van der Waals surface area contributed by atoms with E-state index < -0.39 is 0 Å². The molecule has 2 heterocycles. The molecule has 5 rings (SSSR count). The summed E-state index contributed by atoms with van der Waals surface area (Å²) in [5.74, 6) is 0.0760. The van der Waals surface area contributed by atoms with Gasteiger partial charge in [0.25, 0.3) is 0 Å². The van der Waals surface area contributed by atoms with Gasteiger partial charge < -0.3 is 14.8 Å². The SMILES string of the molecule is C=C(c1cccc(C(c2cccc(O)c2)N2CCN(Cc3cccc(F)c3)CC2C)c1)N1CCN(CCCCC=O)CC1. The van der Waals surface area contributed by atoms with Crippen molar-refractivity contribution in [2.45, 2.75) is 44.8 Å². The predicted octanol–water partition coefficient (Wildman–Crippen LogP) is 5.78. The molecule has 2 fully saturated rings. The van der Waals surface area contributed by atoms with Crippen molar-refractivity contribution in [2.75, 3.05) is 52.4 Å². The molecule has 2 aliphatic heterocycles. The van der Waals surface area contributed by atoms with Gasteiger partial charge in [-0.15, -0.1) is 0 Å². The summed E-state index contributed by atoms with van der Waals surface area (Å²) in [6.07, 6.45) is 3.69. The standard InChI is InChI=1S/C36H45FN4O2/c1-28-26-39(27-30-9-6-13-34(37)23-30)18-21-41(28)36(33-12-8-14-35(43)25-33)32-11-7-10-31(24-32)29(2)40-19-16-38(17-20-40)15-4-3-5-22-42/h6-14,22-25,28,36,43H,2-5,15-21,26-27H2,1H3. The minimum Gasteiger partial charge on any atom is -0.508 e. The van der Waals surface area contributed by atoms with Gasteiger partial charge in [0, 0.05) is 70.5 Å². The van der Waals surface area contributed by atoms with E-state index in [1.54, 1.807) is 18.2 Å². The molecule has 6 nitrogen and oxygen atoms in total. The smallest absolute Gasteiger partial charge is 0.123 e. The van der Waals surface area contributed by atoms with Crippen LogP contribution in [0.2, 0.25) is 0 Å². The number of aldehydes is 1. The lowest BCUT2D eigenvalue weighted by molar-refractivity contribution is -0.107. The lowest BCUT2D eigenvalue weighted by Gasteiger charge is -2.44. The van der Waals surface area contributed by atoms with Crippen LogP contribution >= 0.6 is 0 Å². The fourth-order valence-electron chi connectivity index (χ4n) is 6.61. The first-order chi connectivity index (χ1) is 20.9. The second-order valence-electron chi connectivity index (χ2n) is 12.0. The molecule has 2 unspecified atom stereocenters. The van der Waals surface area contributed by atoms with Gasteiger partial charge in [-0.25, -0.2) is 4.39 Å².